The summed E-state index contributed by atoms with van der Waals surface area (Å²) in [5.74, 6) is 1.62. The number of benzene rings is 1. The number of methoxy groups -OCH3 is 1. The van der Waals surface area contributed by atoms with Crippen molar-refractivity contribution in [3.05, 3.63) is 40.5 Å². The fraction of sp³-hybridized carbons (Fsp3) is 0.400. The first kappa shape index (κ1) is 14.0. The summed E-state index contributed by atoms with van der Waals surface area (Å²) in [4.78, 5) is 12.2. The lowest BCUT2D eigenvalue weighted by Gasteiger charge is -2.31. The molecule has 0 bridgehead atoms. The van der Waals surface area contributed by atoms with Crippen LogP contribution in [0.5, 0.6) is 5.75 Å². The second-order valence-electron chi connectivity index (χ2n) is 4.58. The van der Waals surface area contributed by atoms with E-state index in [0.717, 1.165) is 22.0 Å². The van der Waals surface area contributed by atoms with Crippen molar-refractivity contribution in [3.63, 3.8) is 0 Å². The molecule has 0 saturated heterocycles. The van der Waals surface area contributed by atoms with Crippen molar-refractivity contribution >= 4 is 17.5 Å². The zero-order valence-corrected chi connectivity index (χ0v) is 12.4. The van der Waals surface area contributed by atoms with E-state index in [1.165, 1.54) is 0 Å². The van der Waals surface area contributed by atoms with Crippen molar-refractivity contribution < 1.29 is 14.3 Å². The van der Waals surface area contributed by atoms with Crippen LogP contribution in [0.15, 0.2) is 34.9 Å². The first-order chi connectivity index (χ1) is 9.02. The number of carbonyl (C=O) groups is 1. The number of carbonyl (C=O) groups excluding carboxylic acids is 1. The number of thioether (sulfide) groups is 1. The van der Waals surface area contributed by atoms with Crippen molar-refractivity contribution in [2.75, 3.05) is 7.11 Å². The fourth-order valence-corrected chi connectivity index (χ4v) is 3.22. The Morgan fingerprint density at radius 1 is 1.32 bits per heavy atom. The lowest BCUT2D eigenvalue weighted by atomic mass is 10.1. The average molecular weight is 278 g/mol. The van der Waals surface area contributed by atoms with E-state index in [0.29, 0.717) is 0 Å². The molecule has 19 heavy (non-hydrogen) atoms. The Labute approximate surface area is 118 Å². The molecule has 1 aromatic rings. The average Bonchev–Trinajstić information content (AvgIpc) is 2.41. The van der Waals surface area contributed by atoms with E-state index in [2.05, 4.69) is 6.92 Å². The van der Waals surface area contributed by atoms with Crippen molar-refractivity contribution in [2.24, 2.45) is 0 Å². The van der Waals surface area contributed by atoms with Crippen LogP contribution in [0.1, 0.15) is 32.4 Å². The van der Waals surface area contributed by atoms with E-state index in [1.807, 2.05) is 31.2 Å². The smallest absolute Gasteiger partial charge is 0.169 e. The molecule has 0 unspecified atom stereocenters. The summed E-state index contributed by atoms with van der Waals surface area (Å²) < 4.78 is 11.1. The molecule has 0 spiro atoms. The highest BCUT2D eigenvalue weighted by molar-refractivity contribution is 8.04. The molecule has 0 saturated carbocycles. The Bertz CT molecular complexity index is 505. The predicted octanol–water partition coefficient (Wildman–Crippen LogP) is 3.71. The van der Waals surface area contributed by atoms with Crippen LogP contribution < -0.4 is 4.74 Å². The molecular formula is C15H18O3S. The van der Waals surface area contributed by atoms with Crippen LogP contribution in [0.3, 0.4) is 0 Å². The molecule has 1 aliphatic heterocycles. The summed E-state index contributed by atoms with van der Waals surface area (Å²) in [5, 5.41) is 0.205. The van der Waals surface area contributed by atoms with Crippen LogP contribution in [0.25, 0.3) is 0 Å². The number of hydrogen-bond acceptors (Lipinski definition) is 4. The monoisotopic (exact) mass is 278 g/mol. The largest absolute Gasteiger partial charge is 0.497 e. The molecule has 0 N–H and O–H groups in total. The third-order valence-electron chi connectivity index (χ3n) is 3.12. The van der Waals surface area contributed by atoms with E-state index < -0.39 is 0 Å². The van der Waals surface area contributed by atoms with Gasteiger partial charge in [0.2, 0.25) is 0 Å². The maximum atomic E-state index is 11.5. The number of rotatable bonds is 3. The predicted molar refractivity (Wildman–Crippen MR) is 77.3 cm³/mol. The van der Waals surface area contributed by atoms with Crippen molar-refractivity contribution in [1.82, 2.24) is 0 Å². The van der Waals surface area contributed by atoms with Gasteiger partial charge in [-0.05, 0) is 38.5 Å². The van der Waals surface area contributed by atoms with Gasteiger partial charge < -0.3 is 9.47 Å². The molecule has 0 aliphatic carbocycles. The van der Waals surface area contributed by atoms with Gasteiger partial charge in [0.1, 0.15) is 17.6 Å². The second-order valence-corrected chi connectivity index (χ2v) is 5.96. The summed E-state index contributed by atoms with van der Waals surface area (Å²) in [6, 6.07) is 7.87. The number of Topliss-reactive ketones (excluding diaryl/α,β-unsaturated/α-hetero) is 1. The first-order valence-corrected chi connectivity index (χ1v) is 7.10. The fourth-order valence-electron chi connectivity index (χ4n) is 2.13. The lowest BCUT2D eigenvalue weighted by Crippen LogP contribution is -2.21. The van der Waals surface area contributed by atoms with E-state index in [4.69, 9.17) is 9.47 Å². The molecule has 0 aromatic heterocycles. The zero-order chi connectivity index (χ0) is 14.0. The van der Waals surface area contributed by atoms with Gasteiger partial charge in [0.15, 0.2) is 5.78 Å². The molecule has 0 radical (unpaired) electrons. The van der Waals surface area contributed by atoms with Gasteiger partial charge in [-0.3, -0.25) is 4.79 Å². The summed E-state index contributed by atoms with van der Waals surface area (Å²) in [5.41, 5.74) is 1.10. The zero-order valence-electron chi connectivity index (χ0n) is 11.6. The highest BCUT2D eigenvalue weighted by atomic mass is 32.2. The van der Waals surface area contributed by atoms with Gasteiger partial charge in [0, 0.05) is 5.25 Å². The van der Waals surface area contributed by atoms with Gasteiger partial charge >= 0.3 is 0 Å². The van der Waals surface area contributed by atoms with E-state index in [-0.39, 0.29) is 17.1 Å². The lowest BCUT2D eigenvalue weighted by molar-refractivity contribution is -0.113. The van der Waals surface area contributed by atoms with Crippen LogP contribution in [0, 0.1) is 0 Å². The number of hydrogen-bond donors (Lipinski definition) is 0. The minimum atomic E-state index is -0.0287. The number of ether oxygens (including phenoxy) is 2. The Morgan fingerprint density at radius 3 is 2.47 bits per heavy atom. The standard InChI is InChI=1S/C15H18O3S/c1-9(16)15-10(2)18-14(11(3)19-15)12-5-7-13(17-4)8-6-12/h5-8,11,14H,1-4H3/t11-,14+/m1/s1. The Hall–Kier alpha value is -1.42. The first-order valence-electron chi connectivity index (χ1n) is 6.22. The van der Waals surface area contributed by atoms with E-state index in [9.17, 15) is 4.79 Å². The summed E-state index contributed by atoms with van der Waals surface area (Å²) in [6.45, 7) is 5.51. The third-order valence-corrected chi connectivity index (χ3v) is 4.55. The molecule has 2 atom stereocenters. The second kappa shape index (κ2) is 5.70. The maximum Gasteiger partial charge on any atom is 0.169 e. The van der Waals surface area contributed by atoms with E-state index >= 15 is 0 Å². The van der Waals surface area contributed by atoms with Crippen LogP contribution >= 0.6 is 11.8 Å². The molecule has 1 aromatic carbocycles. The number of ketones is 1. The van der Waals surface area contributed by atoms with Crippen molar-refractivity contribution in [2.45, 2.75) is 32.1 Å². The van der Waals surface area contributed by atoms with Gasteiger partial charge in [-0.1, -0.05) is 12.1 Å². The van der Waals surface area contributed by atoms with Gasteiger partial charge in [-0.15, -0.1) is 11.8 Å². The van der Waals surface area contributed by atoms with Crippen LogP contribution in [-0.2, 0) is 9.53 Å². The number of allylic oxidation sites excluding steroid dienone is 2. The van der Waals surface area contributed by atoms with Crippen molar-refractivity contribution in [3.8, 4) is 5.75 Å². The SMILES string of the molecule is COc1ccc([C@H]2OC(C)=C(C(C)=O)S[C@@H]2C)cc1. The quantitative estimate of drug-likeness (QED) is 0.844. The maximum absolute atomic E-state index is 11.5. The normalized spacial score (nSPS) is 22.9. The molecule has 2 rings (SSSR count). The molecule has 1 aliphatic rings. The Kier molecular flexibility index (Phi) is 4.20. The van der Waals surface area contributed by atoms with Gasteiger partial charge in [-0.25, -0.2) is 0 Å². The molecule has 1 heterocycles. The Balaban J connectivity index is 2.24. The van der Waals surface area contributed by atoms with Crippen molar-refractivity contribution in [1.29, 1.82) is 0 Å². The highest BCUT2D eigenvalue weighted by Crippen LogP contribution is 2.42. The molecule has 3 nitrogen and oxygen atoms in total. The van der Waals surface area contributed by atoms with E-state index in [1.54, 1.807) is 25.8 Å². The van der Waals surface area contributed by atoms with Crippen LogP contribution in [0.4, 0.5) is 0 Å². The summed E-state index contributed by atoms with van der Waals surface area (Å²) in [7, 11) is 1.65. The van der Waals surface area contributed by atoms with Crippen LogP contribution in [-0.4, -0.2) is 18.1 Å². The topological polar surface area (TPSA) is 35.5 Å². The van der Waals surface area contributed by atoms with Crippen LogP contribution in [0.2, 0.25) is 0 Å². The third kappa shape index (κ3) is 2.95. The molecule has 102 valence electrons. The summed E-state index contributed by atoms with van der Waals surface area (Å²) in [6.07, 6.45) is -0.0287. The molecule has 0 amide bonds. The Morgan fingerprint density at radius 2 is 1.95 bits per heavy atom. The summed E-state index contributed by atoms with van der Waals surface area (Å²) >= 11 is 1.59. The molecule has 0 fully saturated rings. The van der Waals surface area contributed by atoms with Gasteiger partial charge in [-0.2, -0.15) is 0 Å². The minimum absolute atomic E-state index is 0.0287. The minimum Gasteiger partial charge on any atom is -0.497 e. The van der Waals surface area contributed by atoms with Gasteiger partial charge in [0.05, 0.1) is 12.0 Å². The molecule has 4 heteroatoms. The van der Waals surface area contributed by atoms with Gasteiger partial charge in [0.25, 0.3) is 0 Å². The molecular weight excluding hydrogens is 260 g/mol. The highest BCUT2D eigenvalue weighted by Gasteiger charge is 2.30.